The molecule has 0 aliphatic rings. The van der Waals surface area contributed by atoms with Gasteiger partial charge < -0.3 is 14.8 Å². The third-order valence-corrected chi connectivity index (χ3v) is 4.14. The minimum Gasteiger partial charge on any atom is -0.493 e. The lowest BCUT2D eigenvalue weighted by atomic mass is 10.2. The third-order valence-electron chi connectivity index (χ3n) is 3.86. The summed E-state index contributed by atoms with van der Waals surface area (Å²) in [5.41, 5.74) is 1.18. The van der Waals surface area contributed by atoms with Crippen LogP contribution in [-0.4, -0.2) is 40.3 Å². The molecular weight excluding hydrogens is 368 g/mol. The summed E-state index contributed by atoms with van der Waals surface area (Å²) in [5, 5.41) is 11.4. The molecule has 27 heavy (non-hydrogen) atoms. The van der Waals surface area contributed by atoms with E-state index in [2.05, 4.69) is 15.5 Å². The highest BCUT2D eigenvalue weighted by Gasteiger charge is 2.17. The van der Waals surface area contributed by atoms with Crippen LogP contribution in [0.25, 0.3) is 5.65 Å². The Morgan fingerprint density at radius 3 is 2.85 bits per heavy atom. The second-order valence-corrected chi connectivity index (χ2v) is 6.61. The fourth-order valence-electron chi connectivity index (χ4n) is 2.65. The van der Waals surface area contributed by atoms with Crippen molar-refractivity contribution in [3.8, 4) is 11.5 Å². The van der Waals surface area contributed by atoms with Crippen molar-refractivity contribution in [1.82, 2.24) is 19.9 Å². The maximum Gasteiger partial charge on any atom is 0.251 e. The maximum absolute atomic E-state index is 12.5. The second-order valence-electron chi connectivity index (χ2n) is 6.21. The first-order valence-corrected chi connectivity index (χ1v) is 8.98. The van der Waals surface area contributed by atoms with Gasteiger partial charge in [0.1, 0.15) is 5.82 Å². The van der Waals surface area contributed by atoms with Gasteiger partial charge in [-0.3, -0.25) is 9.20 Å². The van der Waals surface area contributed by atoms with Crippen molar-refractivity contribution < 1.29 is 14.3 Å². The number of fused-ring (bicyclic) bond motifs is 1. The van der Waals surface area contributed by atoms with Crippen LogP contribution in [0.15, 0.2) is 36.5 Å². The first kappa shape index (κ1) is 19.0. The summed E-state index contributed by atoms with van der Waals surface area (Å²) in [6, 6.07) is 8.88. The molecule has 8 heteroatoms. The number of rotatable bonds is 7. The molecule has 0 spiro atoms. The Morgan fingerprint density at radius 2 is 2.11 bits per heavy atom. The molecule has 0 bridgehead atoms. The molecule has 0 aliphatic heterocycles. The molecule has 0 aliphatic carbocycles. The van der Waals surface area contributed by atoms with Gasteiger partial charge in [0.15, 0.2) is 17.1 Å². The Labute approximate surface area is 162 Å². The minimum atomic E-state index is -0.250. The van der Waals surface area contributed by atoms with Crippen molar-refractivity contribution in [1.29, 1.82) is 0 Å². The van der Waals surface area contributed by atoms with Crippen LogP contribution in [0.5, 0.6) is 11.5 Å². The number of carbonyl (C=O) groups is 1. The zero-order chi connectivity index (χ0) is 19.4. The van der Waals surface area contributed by atoms with Crippen molar-refractivity contribution in [2.24, 2.45) is 0 Å². The number of methoxy groups -OCH3 is 1. The van der Waals surface area contributed by atoms with E-state index in [-0.39, 0.29) is 12.0 Å². The van der Waals surface area contributed by atoms with Gasteiger partial charge in [0, 0.05) is 24.7 Å². The second kappa shape index (κ2) is 8.26. The van der Waals surface area contributed by atoms with Gasteiger partial charge in [-0.25, -0.2) is 0 Å². The van der Waals surface area contributed by atoms with Gasteiger partial charge in [0.25, 0.3) is 5.91 Å². The number of hydrogen-bond donors (Lipinski definition) is 1. The van der Waals surface area contributed by atoms with Gasteiger partial charge in [0.05, 0.1) is 18.2 Å². The first-order valence-electron chi connectivity index (χ1n) is 8.60. The predicted molar refractivity (Wildman–Crippen MR) is 103 cm³/mol. The van der Waals surface area contributed by atoms with Crippen molar-refractivity contribution in [3.05, 3.63) is 52.9 Å². The van der Waals surface area contributed by atoms with Crippen molar-refractivity contribution >= 4 is 23.2 Å². The summed E-state index contributed by atoms with van der Waals surface area (Å²) >= 11 is 6.28. The molecule has 0 radical (unpaired) electrons. The highest BCUT2D eigenvalue weighted by atomic mass is 35.5. The fourth-order valence-corrected chi connectivity index (χ4v) is 2.91. The number of aromatic nitrogens is 3. The van der Waals surface area contributed by atoms with Crippen LogP contribution in [-0.2, 0) is 6.42 Å². The molecule has 3 aromatic rings. The predicted octanol–water partition coefficient (Wildman–Crippen LogP) is 3.15. The van der Waals surface area contributed by atoms with E-state index < -0.39 is 0 Å². The van der Waals surface area contributed by atoms with Crippen LogP contribution in [0.2, 0.25) is 5.02 Å². The summed E-state index contributed by atoms with van der Waals surface area (Å²) in [5.74, 6) is 1.38. The Bertz CT molecular complexity index is 955. The molecule has 2 aromatic heterocycles. The summed E-state index contributed by atoms with van der Waals surface area (Å²) in [7, 11) is 1.51. The van der Waals surface area contributed by atoms with E-state index in [9.17, 15) is 4.79 Å². The summed E-state index contributed by atoms with van der Waals surface area (Å²) in [4.78, 5) is 12.5. The molecule has 0 unspecified atom stereocenters. The van der Waals surface area contributed by atoms with E-state index in [4.69, 9.17) is 21.1 Å². The van der Waals surface area contributed by atoms with Crippen molar-refractivity contribution in [3.63, 3.8) is 0 Å². The topological polar surface area (TPSA) is 77.8 Å². The standard InChI is InChI=1S/C19H21ClN4O3/c1-12(2)27-18-14(20)10-13(11-15(18)26-3)19(25)21-8-7-17-23-22-16-6-4-5-9-24(16)17/h4-6,9-12H,7-8H2,1-3H3,(H,21,25). The van der Waals surface area contributed by atoms with Gasteiger partial charge in [0.2, 0.25) is 0 Å². The molecule has 142 valence electrons. The summed E-state index contributed by atoms with van der Waals surface area (Å²) in [6.45, 7) is 4.20. The largest absolute Gasteiger partial charge is 0.493 e. The average molecular weight is 389 g/mol. The SMILES string of the molecule is COc1cc(C(=O)NCCc2nnc3ccccn23)cc(Cl)c1OC(C)C. The van der Waals surface area contributed by atoms with Crippen LogP contribution in [0.3, 0.4) is 0 Å². The minimum absolute atomic E-state index is 0.0611. The highest BCUT2D eigenvalue weighted by Crippen LogP contribution is 2.37. The number of benzene rings is 1. The van der Waals surface area contributed by atoms with Gasteiger partial charge in [-0.05, 0) is 38.1 Å². The Morgan fingerprint density at radius 1 is 1.30 bits per heavy atom. The van der Waals surface area contributed by atoms with E-state index in [1.165, 1.54) is 7.11 Å². The third kappa shape index (κ3) is 4.31. The molecular formula is C19H21ClN4O3. The Hall–Kier alpha value is -2.80. The number of amides is 1. The average Bonchev–Trinajstić information content (AvgIpc) is 3.06. The number of hydrogen-bond acceptors (Lipinski definition) is 5. The monoisotopic (exact) mass is 388 g/mol. The van der Waals surface area contributed by atoms with E-state index >= 15 is 0 Å². The van der Waals surface area contributed by atoms with Gasteiger partial charge in [-0.15, -0.1) is 10.2 Å². The lowest BCUT2D eigenvalue weighted by Crippen LogP contribution is -2.26. The number of nitrogens with zero attached hydrogens (tertiary/aromatic N) is 3. The molecule has 0 saturated carbocycles. The molecule has 3 rings (SSSR count). The van der Waals surface area contributed by atoms with Crippen LogP contribution >= 0.6 is 11.6 Å². The summed E-state index contributed by atoms with van der Waals surface area (Å²) < 4.78 is 12.9. The number of carbonyl (C=O) groups excluding carboxylic acids is 1. The molecule has 0 atom stereocenters. The number of halogens is 1. The molecule has 1 aromatic carbocycles. The van der Waals surface area contributed by atoms with E-state index in [0.29, 0.717) is 35.1 Å². The van der Waals surface area contributed by atoms with Crippen LogP contribution < -0.4 is 14.8 Å². The highest BCUT2D eigenvalue weighted by molar-refractivity contribution is 6.32. The Balaban J connectivity index is 1.68. The Kier molecular flexibility index (Phi) is 5.81. The molecule has 2 heterocycles. The number of ether oxygens (including phenoxy) is 2. The molecule has 0 saturated heterocycles. The van der Waals surface area contributed by atoms with Crippen LogP contribution in [0.1, 0.15) is 30.0 Å². The lowest BCUT2D eigenvalue weighted by molar-refractivity contribution is 0.0953. The lowest BCUT2D eigenvalue weighted by Gasteiger charge is -2.16. The molecule has 0 fully saturated rings. The zero-order valence-electron chi connectivity index (χ0n) is 15.4. The van der Waals surface area contributed by atoms with Crippen LogP contribution in [0, 0.1) is 0 Å². The van der Waals surface area contributed by atoms with Crippen molar-refractivity contribution in [2.45, 2.75) is 26.4 Å². The van der Waals surface area contributed by atoms with E-state index in [1.54, 1.807) is 12.1 Å². The molecule has 7 nitrogen and oxygen atoms in total. The smallest absolute Gasteiger partial charge is 0.251 e. The number of pyridine rings is 1. The van der Waals surface area contributed by atoms with E-state index in [0.717, 1.165) is 11.5 Å². The maximum atomic E-state index is 12.5. The summed E-state index contributed by atoms with van der Waals surface area (Å²) in [6.07, 6.45) is 2.38. The zero-order valence-corrected chi connectivity index (χ0v) is 16.2. The molecule has 1 amide bonds. The normalized spacial score (nSPS) is 11.0. The number of nitrogens with one attached hydrogen (secondary N) is 1. The fraction of sp³-hybridized carbons (Fsp3) is 0.316. The van der Waals surface area contributed by atoms with Gasteiger partial charge >= 0.3 is 0 Å². The van der Waals surface area contributed by atoms with Crippen LogP contribution in [0.4, 0.5) is 0 Å². The van der Waals surface area contributed by atoms with E-state index in [1.807, 2.05) is 42.6 Å². The first-order chi connectivity index (χ1) is 13.0. The quantitative estimate of drug-likeness (QED) is 0.672. The molecule has 1 N–H and O–H groups in total. The van der Waals surface area contributed by atoms with Gasteiger partial charge in [-0.1, -0.05) is 17.7 Å². The van der Waals surface area contributed by atoms with Gasteiger partial charge in [-0.2, -0.15) is 0 Å². The van der Waals surface area contributed by atoms with Crippen molar-refractivity contribution in [2.75, 3.05) is 13.7 Å².